The predicted molar refractivity (Wildman–Crippen MR) is 74.8 cm³/mol. The van der Waals surface area contributed by atoms with Crippen molar-refractivity contribution in [1.29, 1.82) is 0 Å². The zero-order chi connectivity index (χ0) is 15.2. The van der Waals surface area contributed by atoms with Gasteiger partial charge in [-0.25, -0.2) is 4.98 Å². The molecule has 0 saturated carbocycles. The SMILES string of the molecule is CCN(CC(=O)NC(C)(C)C)C(=O)CCn1cncn1. The molecule has 0 aliphatic carbocycles. The maximum Gasteiger partial charge on any atom is 0.240 e. The number of carbonyl (C=O) groups is 2. The van der Waals surface area contributed by atoms with Crippen molar-refractivity contribution >= 4 is 11.8 Å². The number of hydrogen-bond donors (Lipinski definition) is 1. The van der Waals surface area contributed by atoms with Crippen LogP contribution in [0, 0.1) is 0 Å². The molecule has 0 spiro atoms. The Morgan fingerprint density at radius 2 is 2.05 bits per heavy atom. The number of amides is 2. The highest BCUT2D eigenvalue weighted by molar-refractivity contribution is 5.85. The second-order valence-electron chi connectivity index (χ2n) is 5.61. The number of rotatable bonds is 6. The summed E-state index contributed by atoms with van der Waals surface area (Å²) in [5.41, 5.74) is -0.291. The summed E-state index contributed by atoms with van der Waals surface area (Å²) in [5, 5.41) is 6.79. The summed E-state index contributed by atoms with van der Waals surface area (Å²) in [6, 6.07) is 0. The molecular weight excluding hydrogens is 258 g/mol. The second kappa shape index (κ2) is 7.02. The lowest BCUT2D eigenvalue weighted by molar-refractivity contribution is -0.136. The topological polar surface area (TPSA) is 80.1 Å². The zero-order valence-corrected chi connectivity index (χ0v) is 12.6. The van der Waals surface area contributed by atoms with Crippen LogP contribution in [0.4, 0.5) is 0 Å². The van der Waals surface area contributed by atoms with Gasteiger partial charge in [0.1, 0.15) is 12.7 Å². The molecule has 1 heterocycles. The lowest BCUT2D eigenvalue weighted by Crippen LogP contribution is -2.47. The van der Waals surface area contributed by atoms with Crippen molar-refractivity contribution in [2.45, 2.75) is 46.2 Å². The van der Waals surface area contributed by atoms with E-state index in [0.29, 0.717) is 19.5 Å². The molecule has 20 heavy (non-hydrogen) atoms. The standard InChI is InChI=1S/C13H23N5O2/c1-5-17(8-11(19)16-13(2,3)4)12(20)6-7-18-10-14-9-15-18/h9-10H,5-8H2,1-4H3,(H,16,19). The van der Waals surface area contributed by atoms with Gasteiger partial charge in [-0.1, -0.05) is 0 Å². The van der Waals surface area contributed by atoms with E-state index in [1.54, 1.807) is 11.0 Å². The van der Waals surface area contributed by atoms with Gasteiger partial charge < -0.3 is 10.2 Å². The molecule has 0 radical (unpaired) electrons. The first-order valence-electron chi connectivity index (χ1n) is 6.73. The van der Waals surface area contributed by atoms with Crippen LogP contribution in [0.25, 0.3) is 0 Å². The van der Waals surface area contributed by atoms with Gasteiger partial charge in [0.2, 0.25) is 11.8 Å². The molecule has 7 nitrogen and oxygen atoms in total. The van der Waals surface area contributed by atoms with E-state index < -0.39 is 0 Å². The Morgan fingerprint density at radius 1 is 1.35 bits per heavy atom. The average molecular weight is 281 g/mol. The third-order valence-corrected chi connectivity index (χ3v) is 2.60. The molecule has 2 amide bonds. The van der Waals surface area contributed by atoms with Crippen LogP contribution < -0.4 is 5.32 Å². The molecular formula is C13H23N5O2. The first-order valence-corrected chi connectivity index (χ1v) is 6.73. The summed E-state index contributed by atoms with van der Waals surface area (Å²) in [6.45, 7) is 8.65. The molecule has 1 N–H and O–H groups in total. The maximum atomic E-state index is 12.1. The number of aryl methyl sites for hydroxylation is 1. The summed E-state index contributed by atoms with van der Waals surface area (Å²) in [4.78, 5) is 29.2. The van der Waals surface area contributed by atoms with E-state index in [1.807, 2.05) is 27.7 Å². The summed E-state index contributed by atoms with van der Waals surface area (Å²) >= 11 is 0. The first-order chi connectivity index (χ1) is 9.31. The fourth-order valence-electron chi connectivity index (χ4n) is 1.72. The lowest BCUT2D eigenvalue weighted by atomic mass is 10.1. The van der Waals surface area contributed by atoms with Gasteiger partial charge in [0, 0.05) is 18.5 Å². The molecule has 0 unspecified atom stereocenters. The van der Waals surface area contributed by atoms with Crippen LogP contribution in [0.5, 0.6) is 0 Å². The molecule has 0 bridgehead atoms. The minimum atomic E-state index is -0.291. The number of aromatic nitrogens is 3. The third kappa shape index (κ3) is 5.81. The highest BCUT2D eigenvalue weighted by Gasteiger charge is 2.19. The molecule has 0 atom stereocenters. The molecule has 0 fully saturated rings. The Hall–Kier alpha value is -1.92. The highest BCUT2D eigenvalue weighted by atomic mass is 16.2. The Kier molecular flexibility index (Phi) is 5.66. The quantitative estimate of drug-likeness (QED) is 0.820. The largest absolute Gasteiger partial charge is 0.350 e. The first kappa shape index (κ1) is 16.1. The van der Waals surface area contributed by atoms with Crippen molar-refractivity contribution in [3.8, 4) is 0 Å². The predicted octanol–water partition coefficient (Wildman–Crippen LogP) is 0.431. The third-order valence-electron chi connectivity index (χ3n) is 2.60. The Bertz CT molecular complexity index is 436. The number of hydrogen-bond acceptors (Lipinski definition) is 4. The van der Waals surface area contributed by atoms with Gasteiger partial charge in [0.15, 0.2) is 0 Å². The van der Waals surface area contributed by atoms with E-state index in [4.69, 9.17) is 0 Å². The summed E-state index contributed by atoms with van der Waals surface area (Å²) < 4.78 is 1.60. The summed E-state index contributed by atoms with van der Waals surface area (Å²) in [5.74, 6) is -0.208. The van der Waals surface area contributed by atoms with E-state index in [0.717, 1.165) is 0 Å². The van der Waals surface area contributed by atoms with Crippen LogP contribution in [-0.4, -0.2) is 50.1 Å². The fraction of sp³-hybridized carbons (Fsp3) is 0.692. The molecule has 0 aliphatic rings. The Morgan fingerprint density at radius 3 is 2.55 bits per heavy atom. The maximum absolute atomic E-state index is 12.1. The van der Waals surface area contributed by atoms with Crippen molar-refractivity contribution in [1.82, 2.24) is 25.0 Å². The highest BCUT2D eigenvalue weighted by Crippen LogP contribution is 2.01. The summed E-state index contributed by atoms with van der Waals surface area (Å²) in [6.07, 6.45) is 3.30. The molecule has 1 rings (SSSR count). The normalized spacial score (nSPS) is 11.2. The van der Waals surface area contributed by atoms with Crippen LogP contribution in [0.15, 0.2) is 12.7 Å². The van der Waals surface area contributed by atoms with E-state index in [2.05, 4.69) is 15.4 Å². The van der Waals surface area contributed by atoms with Crippen molar-refractivity contribution in [2.24, 2.45) is 0 Å². The number of nitrogens with zero attached hydrogens (tertiary/aromatic N) is 4. The molecule has 1 aromatic heterocycles. The van der Waals surface area contributed by atoms with Gasteiger partial charge >= 0.3 is 0 Å². The van der Waals surface area contributed by atoms with Crippen LogP contribution in [0.3, 0.4) is 0 Å². The van der Waals surface area contributed by atoms with Gasteiger partial charge in [0.05, 0.1) is 13.1 Å². The Balaban J connectivity index is 2.44. The van der Waals surface area contributed by atoms with E-state index in [-0.39, 0.29) is 23.9 Å². The molecule has 112 valence electrons. The minimum Gasteiger partial charge on any atom is -0.350 e. The van der Waals surface area contributed by atoms with E-state index >= 15 is 0 Å². The second-order valence-corrected chi connectivity index (χ2v) is 5.61. The van der Waals surface area contributed by atoms with E-state index in [1.165, 1.54) is 11.2 Å². The molecule has 0 aliphatic heterocycles. The minimum absolute atomic E-state index is 0.0629. The van der Waals surface area contributed by atoms with Crippen LogP contribution >= 0.6 is 0 Å². The average Bonchev–Trinajstić information content (AvgIpc) is 2.83. The zero-order valence-electron chi connectivity index (χ0n) is 12.6. The van der Waals surface area contributed by atoms with Crippen molar-refractivity contribution in [2.75, 3.05) is 13.1 Å². The van der Waals surface area contributed by atoms with Gasteiger partial charge in [-0.15, -0.1) is 0 Å². The van der Waals surface area contributed by atoms with Gasteiger partial charge in [-0.3, -0.25) is 14.3 Å². The fourth-order valence-corrected chi connectivity index (χ4v) is 1.72. The number of nitrogens with one attached hydrogen (secondary N) is 1. The molecule has 1 aromatic rings. The monoisotopic (exact) mass is 281 g/mol. The van der Waals surface area contributed by atoms with Crippen molar-refractivity contribution in [3.05, 3.63) is 12.7 Å². The van der Waals surface area contributed by atoms with Crippen LogP contribution in [-0.2, 0) is 16.1 Å². The number of carbonyl (C=O) groups excluding carboxylic acids is 2. The van der Waals surface area contributed by atoms with Crippen LogP contribution in [0.1, 0.15) is 34.1 Å². The van der Waals surface area contributed by atoms with Crippen molar-refractivity contribution in [3.63, 3.8) is 0 Å². The summed E-state index contributed by atoms with van der Waals surface area (Å²) in [7, 11) is 0. The van der Waals surface area contributed by atoms with Gasteiger partial charge in [-0.05, 0) is 27.7 Å². The Labute approximate surface area is 119 Å². The van der Waals surface area contributed by atoms with Crippen LogP contribution in [0.2, 0.25) is 0 Å². The lowest BCUT2D eigenvalue weighted by Gasteiger charge is -2.25. The molecule has 7 heteroatoms. The number of likely N-dealkylation sites (N-methyl/N-ethyl adjacent to an activating group) is 1. The van der Waals surface area contributed by atoms with Gasteiger partial charge in [0.25, 0.3) is 0 Å². The molecule has 0 saturated heterocycles. The smallest absolute Gasteiger partial charge is 0.240 e. The van der Waals surface area contributed by atoms with E-state index in [9.17, 15) is 9.59 Å². The molecule has 0 aromatic carbocycles. The van der Waals surface area contributed by atoms with Crippen molar-refractivity contribution < 1.29 is 9.59 Å². The van der Waals surface area contributed by atoms with Gasteiger partial charge in [-0.2, -0.15) is 5.10 Å².